The van der Waals surface area contributed by atoms with Crippen LogP contribution in [0.5, 0.6) is 0 Å². The zero-order valence-electron chi connectivity index (χ0n) is 10.9. The minimum absolute atomic E-state index is 0.0774. The molecule has 1 aliphatic rings. The van der Waals surface area contributed by atoms with Crippen molar-refractivity contribution >= 4 is 0 Å². The molecular weight excluding hydrogens is 194 g/mol. The summed E-state index contributed by atoms with van der Waals surface area (Å²) in [7, 11) is 0. The maximum absolute atomic E-state index is 3.76. The van der Waals surface area contributed by atoms with Gasteiger partial charge in [0, 0.05) is 11.6 Å². The van der Waals surface area contributed by atoms with Crippen LogP contribution in [0.2, 0.25) is 0 Å². The lowest BCUT2D eigenvalue weighted by molar-refractivity contribution is 0.332. The molecule has 1 nitrogen and oxygen atoms in total. The van der Waals surface area contributed by atoms with Crippen molar-refractivity contribution in [2.45, 2.75) is 52.1 Å². The Morgan fingerprint density at radius 1 is 1.31 bits per heavy atom. The summed E-state index contributed by atoms with van der Waals surface area (Å²) in [5.41, 5.74) is 2.81. The van der Waals surface area contributed by atoms with Crippen molar-refractivity contribution in [2.24, 2.45) is 5.92 Å². The molecule has 0 amide bonds. The van der Waals surface area contributed by atoms with Gasteiger partial charge in [-0.25, -0.2) is 0 Å². The molecule has 0 bridgehead atoms. The third-order valence-electron chi connectivity index (χ3n) is 3.66. The topological polar surface area (TPSA) is 12.0 Å². The number of hydrogen-bond donors (Lipinski definition) is 1. The number of aryl methyl sites for hydroxylation is 1. The number of nitrogens with one attached hydrogen (secondary N) is 1. The maximum atomic E-state index is 3.76. The molecule has 1 aromatic carbocycles. The molecule has 0 heterocycles. The van der Waals surface area contributed by atoms with Crippen LogP contribution in [0.15, 0.2) is 24.3 Å². The van der Waals surface area contributed by atoms with E-state index in [-0.39, 0.29) is 5.54 Å². The van der Waals surface area contributed by atoms with Crippen LogP contribution >= 0.6 is 0 Å². The smallest absolute Gasteiger partial charge is 0.0379 e. The van der Waals surface area contributed by atoms with Gasteiger partial charge in [0.1, 0.15) is 0 Å². The summed E-state index contributed by atoms with van der Waals surface area (Å²) < 4.78 is 0. The highest BCUT2D eigenvalue weighted by Crippen LogP contribution is 2.34. The standard InChI is InChI=1S/C15H23N/c1-11-6-5-7-14(10-11)15(3,4)16-12(2)13-8-9-13/h5-7,10,12-13,16H,8-9H2,1-4H3. The molecular formula is C15H23N. The Morgan fingerprint density at radius 2 is 2.00 bits per heavy atom. The first-order chi connectivity index (χ1) is 7.49. The fraction of sp³-hybridized carbons (Fsp3) is 0.600. The molecule has 1 saturated carbocycles. The van der Waals surface area contributed by atoms with Gasteiger partial charge in [-0.1, -0.05) is 29.8 Å². The van der Waals surface area contributed by atoms with Crippen LogP contribution in [-0.4, -0.2) is 6.04 Å². The Bertz CT molecular complexity index is 363. The predicted molar refractivity (Wildman–Crippen MR) is 69.5 cm³/mol. The van der Waals surface area contributed by atoms with E-state index in [2.05, 4.69) is 57.3 Å². The fourth-order valence-electron chi connectivity index (χ4n) is 2.40. The average Bonchev–Trinajstić information content (AvgIpc) is 3.00. The number of rotatable bonds is 4. The third-order valence-corrected chi connectivity index (χ3v) is 3.66. The van der Waals surface area contributed by atoms with Crippen LogP contribution in [0.25, 0.3) is 0 Å². The van der Waals surface area contributed by atoms with Crippen LogP contribution in [0.4, 0.5) is 0 Å². The first-order valence-electron chi connectivity index (χ1n) is 6.34. The van der Waals surface area contributed by atoms with Crippen LogP contribution in [0, 0.1) is 12.8 Å². The predicted octanol–water partition coefficient (Wildman–Crippen LogP) is 3.62. The van der Waals surface area contributed by atoms with Crippen molar-refractivity contribution < 1.29 is 0 Å². The molecule has 1 N–H and O–H groups in total. The summed E-state index contributed by atoms with van der Waals surface area (Å²) >= 11 is 0. The van der Waals surface area contributed by atoms with Gasteiger partial charge in [0.25, 0.3) is 0 Å². The quantitative estimate of drug-likeness (QED) is 0.812. The normalized spacial score (nSPS) is 18.5. The van der Waals surface area contributed by atoms with E-state index in [9.17, 15) is 0 Å². The highest BCUT2D eigenvalue weighted by Gasteiger charge is 2.32. The van der Waals surface area contributed by atoms with Gasteiger partial charge in [-0.15, -0.1) is 0 Å². The summed E-state index contributed by atoms with van der Waals surface area (Å²) in [6, 6.07) is 9.45. The molecule has 0 aromatic heterocycles. The summed E-state index contributed by atoms with van der Waals surface area (Å²) in [5.74, 6) is 0.907. The average molecular weight is 217 g/mol. The Labute approximate surface area is 99.3 Å². The third kappa shape index (κ3) is 2.65. The van der Waals surface area contributed by atoms with Gasteiger partial charge in [0.2, 0.25) is 0 Å². The highest BCUT2D eigenvalue weighted by atomic mass is 15.0. The molecule has 16 heavy (non-hydrogen) atoms. The Morgan fingerprint density at radius 3 is 2.56 bits per heavy atom. The first-order valence-corrected chi connectivity index (χ1v) is 6.34. The lowest BCUT2D eigenvalue weighted by Crippen LogP contribution is -2.43. The Balaban J connectivity index is 2.10. The van der Waals surface area contributed by atoms with Gasteiger partial charge >= 0.3 is 0 Å². The van der Waals surface area contributed by atoms with Crippen molar-refractivity contribution in [3.63, 3.8) is 0 Å². The second-order valence-corrected chi connectivity index (χ2v) is 5.76. The van der Waals surface area contributed by atoms with Crippen molar-refractivity contribution in [1.29, 1.82) is 0 Å². The van der Waals surface area contributed by atoms with Gasteiger partial charge in [-0.05, 0) is 52.0 Å². The monoisotopic (exact) mass is 217 g/mol. The number of benzene rings is 1. The van der Waals surface area contributed by atoms with Crippen LogP contribution < -0.4 is 5.32 Å². The molecule has 88 valence electrons. The van der Waals surface area contributed by atoms with E-state index < -0.39 is 0 Å². The van der Waals surface area contributed by atoms with Gasteiger partial charge in [-0.3, -0.25) is 0 Å². The zero-order valence-corrected chi connectivity index (χ0v) is 10.9. The summed E-state index contributed by atoms with van der Waals surface area (Å²) in [6.07, 6.45) is 2.80. The van der Waals surface area contributed by atoms with Gasteiger partial charge in [-0.2, -0.15) is 0 Å². The van der Waals surface area contributed by atoms with Crippen molar-refractivity contribution in [2.75, 3.05) is 0 Å². The zero-order chi connectivity index (χ0) is 11.8. The highest BCUT2D eigenvalue weighted by molar-refractivity contribution is 5.28. The maximum Gasteiger partial charge on any atom is 0.0379 e. The van der Waals surface area contributed by atoms with E-state index in [0.29, 0.717) is 6.04 Å². The van der Waals surface area contributed by atoms with Crippen LogP contribution in [0.3, 0.4) is 0 Å². The summed E-state index contributed by atoms with van der Waals surface area (Å²) in [5, 5.41) is 3.76. The van der Waals surface area contributed by atoms with E-state index in [4.69, 9.17) is 0 Å². The minimum atomic E-state index is 0.0774. The molecule has 1 atom stereocenters. The molecule has 1 aliphatic carbocycles. The van der Waals surface area contributed by atoms with Crippen molar-refractivity contribution in [3.8, 4) is 0 Å². The molecule has 1 unspecified atom stereocenters. The molecule has 0 aliphatic heterocycles. The minimum Gasteiger partial charge on any atom is -0.305 e. The second kappa shape index (κ2) is 4.21. The molecule has 0 radical (unpaired) electrons. The fourth-order valence-corrected chi connectivity index (χ4v) is 2.40. The molecule has 2 rings (SSSR count). The van der Waals surface area contributed by atoms with Crippen LogP contribution in [-0.2, 0) is 5.54 Å². The first kappa shape index (κ1) is 11.7. The molecule has 1 fully saturated rings. The van der Waals surface area contributed by atoms with E-state index in [1.165, 1.54) is 24.0 Å². The molecule has 0 spiro atoms. The van der Waals surface area contributed by atoms with Crippen molar-refractivity contribution in [3.05, 3.63) is 35.4 Å². The van der Waals surface area contributed by atoms with Crippen LogP contribution in [0.1, 0.15) is 44.7 Å². The Kier molecular flexibility index (Phi) is 3.07. The second-order valence-electron chi connectivity index (χ2n) is 5.76. The molecule has 1 heteroatoms. The molecule has 0 saturated heterocycles. The van der Waals surface area contributed by atoms with Gasteiger partial charge in [0.05, 0.1) is 0 Å². The van der Waals surface area contributed by atoms with E-state index in [0.717, 1.165) is 5.92 Å². The largest absolute Gasteiger partial charge is 0.305 e. The summed E-state index contributed by atoms with van der Waals surface area (Å²) in [6.45, 7) is 9.03. The number of hydrogen-bond acceptors (Lipinski definition) is 1. The lowest BCUT2D eigenvalue weighted by atomic mass is 9.91. The lowest BCUT2D eigenvalue weighted by Gasteiger charge is -2.31. The van der Waals surface area contributed by atoms with Gasteiger partial charge in [0.15, 0.2) is 0 Å². The Hall–Kier alpha value is -0.820. The van der Waals surface area contributed by atoms with E-state index >= 15 is 0 Å². The van der Waals surface area contributed by atoms with Crippen molar-refractivity contribution in [1.82, 2.24) is 5.32 Å². The summed E-state index contributed by atoms with van der Waals surface area (Å²) in [4.78, 5) is 0. The molecule has 1 aromatic rings. The van der Waals surface area contributed by atoms with E-state index in [1.54, 1.807) is 0 Å². The van der Waals surface area contributed by atoms with Gasteiger partial charge < -0.3 is 5.32 Å². The van der Waals surface area contributed by atoms with E-state index in [1.807, 2.05) is 0 Å². The SMILES string of the molecule is Cc1cccc(C(C)(C)NC(C)C2CC2)c1.